The Hall–Kier alpha value is -0.940. The van der Waals surface area contributed by atoms with Crippen molar-refractivity contribution in [3.05, 3.63) is 11.7 Å². The summed E-state index contributed by atoms with van der Waals surface area (Å²) in [6.45, 7) is 5.75. The number of nitrogens with zero attached hydrogens (tertiary/aromatic N) is 2. The van der Waals surface area contributed by atoms with Crippen LogP contribution in [0, 0.1) is 0 Å². The minimum Gasteiger partial charge on any atom is -0.370 e. The highest BCUT2D eigenvalue weighted by molar-refractivity contribution is 4.96. The maximum absolute atomic E-state index is 5.57. The molecule has 1 N–H and O–H groups in total. The van der Waals surface area contributed by atoms with Crippen molar-refractivity contribution in [2.45, 2.75) is 51.7 Å². The Balaban J connectivity index is 2.03. The van der Waals surface area contributed by atoms with Crippen LogP contribution in [0.25, 0.3) is 0 Å². The third-order valence-corrected chi connectivity index (χ3v) is 3.09. The fraction of sp³-hybridized carbons (Fsp3) is 0.833. The van der Waals surface area contributed by atoms with E-state index in [1.165, 1.54) is 12.8 Å². The van der Waals surface area contributed by atoms with Gasteiger partial charge in [0.25, 0.3) is 0 Å². The van der Waals surface area contributed by atoms with Crippen LogP contribution in [0.3, 0.4) is 0 Å². The predicted octanol–water partition coefficient (Wildman–Crippen LogP) is 2.37. The molecule has 1 unspecified atom stereocenters. The van der Waals surface area contributed by atoms with E-state index >= 15 is 0 Å². The van der Waals surface area contributed by atoms with Gasteiger partial charge < -0.3 is 14.6 Å². The first-order valence-corrected chi connectivity index (χ1v) is 6.53. The van der Waals surface area contributed by atoms with Crippen LogP contribution < -0.4 is 5.32 Å². The van der Waals surface area contributed by atoms with Crippen LogP contribution in [0.2, 0.25) is 0 Å². The Kier molecular flexibility index (Phi) is 4.50. The van der Waals surface area contributed by atoms with Crippen molar-refractivity contribution in [3.8, 4) is 0 Å². The number of hydrogen-bond donors (Lipinski definition) is 1. The molecule has 1 fully saturated rings. The molecule has 0 saturated carbocycles. The lowest BCUT2D eigenvalue weighted by molar-refractivity contribution is 0.0518. The van der Waals surface area contributed by atoms with Gasteiger partial charge >= 0.3 is 0 Å². The average Bonchev–Trinajstić information content (AvgIpc) is 2.86. The molecule has 5 nitrogen and oxygen atoms in total. The van der Waals surface area contributed by atoms with Crippen LogP contribution in [0.4, 0.5) is 0 Å². The van der Waals surface area contributed by atoms with E-state index in [0.29, 0.717) is 18.3 Å². The zero-order chi connectivity index (χ0) is 12.1. The first kappa shape index (κ1) is 12.5. The van der Waals surface area contributed by atoms with Crippen molar-refractivity contribution in [2.24, 2.45) is 0 Å². The average molecular weight is 239 g/mol. The summed E-state index contributed by atoms with van der Waals surface area (Å²) in [4.78, 5) is 4.46. The molecule has 1 aromatic heterocycles. The third kappa shape index (κ3) is 3.04. The number of nitrogens with one attached hydrogen (secondary N) is 1. The van der Waals surface area contributed by atoms with Gasteiger partial charge in [0, 0.05) is 6.61 Å². The number of rotatable bonds is 5. The first-order chi connectivity index (χ1) is 8.35. The van der Waals surface area contributed by atoms with Crippen molar-refractivity contribution >= 4 is 0 Å². The summed E-state index contributed by atoms with van der Waals surface area (Å²) in [5.74, 6) is 1.38. The van der Waals surface area contributed by atoms with Crippen LogP contribution in [-0.2, 0) is 4.74 Å². The molecule has 2 atom stereocenters. The smallest absolute Gasteiger partial charge is 0.243 e. The van der Waals surface area contributed by atoms with E-state index in [1.54, 1.807) is 0 Å². The maximum Gasteiger partial charge on any atom is 0.243 e. The molecule has 0 bridgehead atoms. The summed E-state index contributed by atoms with van der Waals surface area (Å²) >= 11 is 0. The van der Waals surface area contributed by atoms with Gasteiger partial charge in [0.1, 0.15) is 6.10 Å². The summed E-state index contributed by atoms with van der Waals surface area (Å²) < 4.78 is 10.9. The maximum atomic E-state index is 5.57. The first-order valence-electron chi connectivity index (χ1n) is 6.53. The van der Waals surface area contributed by atoms with Gasteiger partial charge in [0.2, 0.25) is 11.7 Å². The second kappa shape index (κ2) is 6.12. The van der Waals surface area contributed by atoms with Crippen LogP contribution in [0.15, 0.2) is 4.52 Å². The van der Waals surface area contributed by atoms with E-state index in [-0.39, 0.29) is 12.1 Å². The molecule has 5 heteroatoms. The van der Waals surface area contributed by atoms with Crippen molar-refractivity contribution in [3.63, 3.8) is 0 Å². The molecular formula is C12H21N3O2. The number of ether oxygens (including phenoxy) is 1. The van der Waals surface area contributed by atoms with Crippen molar-refractivity contribution in [1.82, 2.24) is 15.5 Å². The molecule has 2 rings (SSSR count). The predicted molar refractivity (Wildman–Crippen MR) is 63.6 cm³/mol. The van der Waals surface area contributed by atoms with Crippen molar-refractivity contribution < 1.29 is 9.26 Å². The zero-order valence-electron chi connectivity index (χ0n) is 10.6. The quantitative estimate of drug-likeness (QED) is 0.854. The Bertz CT molecular complexity index is 315. The van der Waals surface area contributed by atoms with E-state index in [1.807, 2.05) is 6.92 Å². The molecule has 2 heterocycles. The molecule has 1 aliphatic rings. The number of piperidine rings is 1. The van der Waals surface area contributed by atoms with Crippen LogP contribution in [-0.4, -0.2) is 23.3 Å². The minimum atomic E-state index is -0.0407. The topological polar surface area (TPSA) is 60.2 Å². The SMILES string of the molecule is CCOC(CC)c1noc([C@@H]2CCCCN2)n1. The van der Waals surface area contributed by atoms with Gasteiger partial charge in [-0.3, -0.25) is 0 Å². The lowest BCUT2D eigenvalue weighted by Gasteiger charge is -2.19. The largest absolute Gasteiger partial charge is 0.370 e. The summed E-state index contributed by atoms with van der Waals surface area (Å²) in [6, 6.07) is 0.226. The number of aromatic nitrogens is 2. The third-order valence-electron chi connectivity index (χ3n) is 3.09. The molecule has 0 amide bonds. The highest BCUT2D eigenvalue weighted by Crippen LogP contribution is 2.24. The van der Waals surface area contributed by atoms with Crippen molar-refractivity contribution in [1.29, 1.82) is 0 Å². The van der Waals surface area contributed by atoms with E-state index in [0.717, 1.165) is 19.4 Å². The van der Waals surface area contributed by atoms with Gasteiger partial charge in [-0.15, -0.1) is 0 Å². The van der Waals surface area contributed by atoms with E-state index in [2.05, 4.69) is 22.4 Å². The molecule has 1 aromatic rings. The van der Waals surface area contributed by atoms with Gasteiger partial charge in [-0.05, 0) is 32.7 Å². The highest BCUT2D eigenvalue weighted by atomic mass is 16.5. The van der Waals surface area contributed by atoms with Gasteiger partial charge in [-0.25, -0.2) is 0 Å². The summed E-state index contributed by atoms with van der Waals surface area (Å²) in [7, 11) is 0. The number of hydrogen-bond acceptors (Lipinski definition) is 5. The van der Waals surface area contributed by atoms with Gasteiger partial charge in [0.05, 0.1) is 6.04 Å². The second-order valence-corrected chi connectivity index (χ2v) is 4.35. The van der Waals surface area contributed by atoms with E-state index < -0.39 is 0 Å². The van der Waals surface area contributed by atoms with Crippen LogP contribution >= 0.6 is 0 Å². The van der Waals surface area contributed by atoms with Gasteiger partial charge in [-0.2, -0.15) is 4.98 Å². The molecule has 1 saturated heterocycles. The molecule has 17 heavy (non-hydrogen) atoms. The Morgan fingerprint density at radius 1 is 1.47 bits per heavy atom. The fourth-order valence-corrected chi connectivity index (χ4v) is 2.16. The molecule has 0 spiro atoms. The lowest BCUT2D eigenvalue weighted by atomic mass is 10.1. The molecule has 96 valence electrons. The normalized spacial score (nSPS) is 22.6. The molecule has 0 aromatic carbocycles. The molecule has 1 aliphatic heterocycles. The van der Waals surface area contributed by atoms with Gasteiger partial charge in [0.15, 0.2) is 0 Å². The van der Waals surface area contributed by atoms with Crippen molar-refractivity contribution in [2.75, 3.05) is 13.2 Å². The Morgan fingerprint density at radius 3 is 3.00 bits per heavy atom. The Labute approximate surface area is 102 Å². The summed E-state index contributed by atoms with van der Waals surface area (Å²) in [5.41, 5.74) is 0. The monoisotopic (exact) mass is 239 g/mol. The molecule has 0 aliphatic carbocycles. The van der Waals surface area contributed by atoms with Crippen LogP contribution in [0.1, 0.15) is 63.4 Å². The summed E-state index contributed by atoms with van der Waals surface area (Å²) in [5, 5.41) is 7.43. The minimum absolute atomic E-state index is 0.0407. The Morgan fingerprint density at radius 2 is 2.35 bits per heavy atom. The fourth-order valence-electron chi connectivity index (χ4n) is 2.16. The summed E-state index contributed by atoms with van der Waals surface area (Å²) in [6.07, 6.45) is 4.35. The molecule has 0 radical (unpaired) electrons. The second-order valence-electron chi connectivity index (χ2n) is 4.35. The van der Waals surface area contributed by atoms with E-state index in [4.69, 9.17) is 9.26 Å². The lowest BCUT2D eigenvalue weighted by Crippen LogP contribution is -2.27. The van der Waals surface area contributed by atoms with Crippen LogP contribution in [0.5, 0.6) is 0 Å². The highest BCUT2D eigenvalue weighted by Gasteiger charge is 2.23. The standard InChI is InChI=1S/C12H21N3O2/c1-3-10(16-4-2)11-14-12(17-15-11)9-7-5-6-8-13-9/h9-10,13H,3-8H2,1-2H3/t9-,10?/m0/s1. The zero-order valence-corrected chi connectivity index (χ0v) is 10.6. The van der Waals surface area contributed by atoms with E-state index in [9.17, 15) is 0 Å². The van der Waals surface area contributed by atoms with Gasteiger partial charge in [-0.1, -0.05) is 18.5 Å². The molecular weight excluding hydrogens is 218 g/mol.